The van der Waals surface area contributed by atoms with Crippen LogP contribution in [-0.2, 0) is 6.42 Å². The zero-order valence-corrected chi connectivity index (χ0v) is 18.7. The molecular weight excluding hydrogens is 439 g/mol. The van der Waals surface area contributed by atoms with E-state index in [4.69, 9.17) is 28.2 Å². The van der Waals surface area contributed by atoms with Crippen LogP contribution < -0.4 is 5.32 Å². The highest BCUT2D eigenvalue weighted by Gasteiger charge is 2.21. The fraction of sp³-hybridized carbons (Fsp3) is 0.0769. The van der Waals surface area contributed by atoms with Gasteiger partial charge < -0.3 is 5.32 Å². The topological polar surface area (TPSA) is 53.1 Å². The SMILES string of the molecule is Cc1c(Cc2ccccc2)c(Nc2ccc(Cl)c(Cl)c2)n2c(nc3ccccc32)c1C#N. The Labute approximate surface area is 195 Å². The second-order valence-electron chi connectivity index (χ2n) is 7.61. The predicted molar refractivity (Wildman–Crippen MR) is 131 cm³/mol. The van der Waals surface area contributed by atoms with Crippen molar-refractivity contribution in [3.05, 3.63) is 105 Å². The average Bonchev–Trinajstić information content (AvgIpc) is 3.18. The van der Waals surface area contributed by atoms with Crippen LogP contribution >= 0.6 is 23.2 Å². The minimum absolute atomic E-state index is 0.471. The second-order valence-corrected chi connectivity index (χ2v) is 8.43. The molecule has 0 fully saturated rings. The van der Waals surface area contributed by atoms with Gasteiger partial charge in [-0.05, 0) is 48.4 Å². The molecule has 5 aromatic rings. The molecule has 0 aliphatic carbocycles. The molecule has 0 amide bonds. The first-order chi connectivity index (χ1) is 15.6. The Hall–Kier alpha value is -3.52. The number of nitriles is 1. The summed E-state index contributed by atoms with van der Waals surface area (Å²) in [6.45, 7) is 1.98. The van der Waals surface area contributed by atoms with Crippen LogP contribution in [0.25, 0.3) is 16.7 Å². The van der Waals surface area contributed by atoms with E-state index in [1.54, 1.807) is 12.1 Å². The number of nitrogens with one attached hydrogen (secondary N) is 1. The molecule has 1 N–H and O–H groups in total. The molecule has 0 unspecified atom stereocenters. The van der Waals surface area contributed by atoms with Crippen LogP contribution in [0, 0.1) is 18.3 Å². The van der Waals surface area contributed by atoms with Gasteiger partial charge in [-0.2, -0.15) is 5.26 Å². The fourth-order valence-electron chi connectivity index (χ4n) is 4.04. The summed E-state index contributed by atoms with van der Waals surface area (Å²) in [4.78, 5) is 4.78. The normalized spacial score (nSPS) is 11.1. The molecule has 0 radical (unpaired) electrons. The summed E-state index contributed by atoms with van der Waals surface area (Å²) in [5, 5.41) is 14.5. The summed E-state index contributed by atoms with van der Waals surface area (Å²) in [5.74, 6) is 0.854. The molecule has 5 rings (SSSR count). The van der Waals surface area contributed by atoms with Gasteiger partial charge in [0, 0.05) is 17.7 Å². The van der Waals surface area contributed by atoms with Gasteiger partial charge in [-0.15, -0.1) is 0 Å². The largest absolute Gasteiger partial charge is 0.341 e. The first-order valence-corrected chi connectivity index (χ1v) is 10.9. The summed E-state index contributed by atoms with van der Waals surface area (Å²) < 4.78 is 2.03. The number of hydrogen-bond acceptors (Lipinski definition) is 3. The van der Waals surface area contributed by atoms with Crippen LogP contribution in [-0.4, -0.2) is 9.38 Å². The number of benzene rings is 3. The smallest absolute Gasteiger partial charge is 0.157 e. The van der Waals surface area contributed by atoms with Gasteiger partial charge in [-0.1, -0.05) is 65.7 Å². The van der Waals surface area contributed by atoms with Gasteiger partial charge in [0.2, 0.25) is 0 Å². The second kappa shape index (κ2) is 8.20. The molecular formula is C26H18Cl2N4. The molecule has 0 atom stereocenters. The maximum absolute atomic E-state index is 10.0. The minimum atomic E-state index is 0.471. The van der Waals surface area contributed by atoms with Crippen molar-refractivity contribution in [1.82, 2.24) is 9.38 Å². The van der Waals surface area contributed by atoms with E-state index in [0.717, 1.165) is 39.2 Å². The van der Waals surface area contributed by atoms with E-state index >= 15 is 0 Å². The number of imidazole rings is 1. The van der Waals surface area contributed by atoms with Crippen LogP contribution in [0.5, 0.6) is 0 Å². The molecule has 6 heteroatoms. The number of fused-ring (bicyclic) bond motifs is 3. The molecule has 2 aromatic heterocycles. The van der Waals surface area contributed by atoms with Crippen LogP contribution in [0.15, 0.2) is 72.8 Å². The number of hydrogen-bond donors (Lipinski definition) is 1. The fourth-order valence-corrected chi connectivity index (χ4v) is 4.34. The predicted octanol–water partition coefficient (Wildman–Crippen LogP) is 7.31. The third kappa shape index (κ3) is 3.46. The van der Waals surface area contributed by atoms with Crippen molar-refractivity contribution in [2.24, 2.45) is 0 Å². The zero-order chi connectivity index (χ0) is 22.2. The lowest BCUT2D eigenvalue weighted by atomic mass is 9.97. The maximum atomic E-state index is 10.0. The van der Waals surface area contributed by atoms with Crippen molar-refractivity contribution in [2.75, 3.05) is 5.32 Å². The van der Waals surface area contributed by atoms with E-state index in [-0.39, 0.29) is 0 Å². The lowest BCUT2D eigenvalue weighted by molar-refractivity contribution is 1.08. The van der Waals surface area contributed by atoms with E-state index in [1.165, 1.54) is 0 Å². The van der Waals surface area contributed by atoms with E-state index in [2.05, 4.69) is 23.5 Å². The average molecular weight is 457 g/mol. The summed E-state index contributed by atoms with van der Waals surface area (Å²) in [6, 6.07) is 25.9. The van der Waals surface area contributed by atoms with E-state index in [0.29, 0.717) is 27.7 Å². The van der Waals surface area contributed by atoms with Crippen molar-refractivity contribution >= 4 is 51.4 Å². The molecule has 0 spiro atoms. The van der Waals surface area contributed by atoms with Gasteiger partial charge in [0.25, 0.3) is 0 Å². The Morgan fingerprint density at radius 1 is 0.969 bits per heavy atom. The van der Waals surface area contributed by atoms with Crippen molar-refractivity contribution in [3.63, 3.8) is 0 Å². The van der Waals surface area contributed by atoms with Crippen LogP contribution in [0.3, 0.4) is 0 Å². The molecule has 156 valence electrons. The zero-order valence-electron chi connectivity index (χ0n) is 17.2. The van der Waals surface area contributed by atoms with Gasteiger partial charge in [-0.3, -0.25) is 4.40 Å². The standard InChI is InChI=1S/C26H18Cl2N4/c1-16-19(13-17-7-3-2-4-8-17)25(30-18-11-12-21(27)22(28)14-18)32-24-10-6-5-9-23(24)31-26(32)20(16)15-29/h2-12,14,30H,13H2,1H3. The number of aromatic nitrogens is 2. The molecule has 2 heterocycles. The van der Waals surface area contributed by atoms with Gasteiger partial charge >= 0.3 is 0 Å². The molecule has 4 nitrogen and oxygen atoms in total. The molecule has 0 saturated heterocycles. The Morgan fingerprint density at radius 3 is 2.47 bits per heavy atom. The number of pyridine rings is 1. The Bertz CT molecular complexity index is 1510. The first-order valence-electron chi connectivity index (χ1n) is 10.2. The summed E-state index contributed by atoms with van der Waals surface area (Å²) in [7, 11) is 0. The van der Waals surface area contributed by atoms with Crippen LogP contribution in [0.1, 0.15) is 22.3 Å². The molecule has 3 aromatic carbocycles. The minimum Gasteiger partial charge on any atom is -0.341 e. The van der Waals surface area contributed by atoms with Gasteiger partial charge in [0.05, 0.1) is 26.6 Å². The van der Waals surface area contributed by atoms with Crippen molar-refractivity contribution < 1.29 is 0 Å². The highest BCUT2D eigenvalue weighted by molar-refractivity contribution is 6.42. The lowest BCUT2D eigenvalue weighted by Gasteiger charge is -2.19. The molecule has 0 bridgehead atoms. The quantitative estimate of drug-likeness (QED) is 0.308. The molecule has 32 heavy (non-hydrogen) atoms. The third-order valence-electron chi connectivity index (χ3n) is 5.64. The monoisotopic (exact) mass is 456 g/mol. The summed E-state index contributed by atoms with van der Waals surface area (Å²) >= 11 is 12.4. The third-order valence-corrected chi connectivity index (χ3v) is 6.38. The van der Waals surface area contributed by atoms with Gasteiger partial charge in [0.15, 0.2) is 5.65 Å². The summed E-state index contributed by atoms with van der Waals surface area (Å²) in [5.41, 5.74) is 6.85. The first kappa shape index (κ1) is 20.4. The highest BCUT2D eigenvalue weighted by Crippen LogP contribution is 2.35. The Kier molecular flexibility index (Phi) is 5.22. The number of halogens is 2. The molecule has 0 aliphatic rings. The van der Waals surface area contributed by atoms with Crippen molar-refractivity contribution in [2.45, 2.75) is 13.3 Å². The van der Waals surface area contributed by atoms with Crippen molar-refractivity contribution in [3.8, 4) is 6.07 Å². The number of para-hydroxylation sites is 2. The Balaban J connectivity index is 1.83. The van der Waals surface area contributed by atoms with E-state index in [9.17, 15) is 5.26 Å². The molecule has 0 saturated carbocycles. The van der Waals surface area contributed by atoms with Gasteiger partial charge in [-0.25, -0.2) is 4.98 Å². The number of nitrogens with zero attached hydrogens (tertiary/aromatic N) is 3. The van der Waals surface area contributed by atoms with E-state index < -0.39 is 0 Å². The summed E-state index contributed by atoms with van der Waals surface area (Å²) in [6.07, 6.45) is 0.660. The van der Waals surface area contributed by atoms with Gasteiger partial charge in [0.1, 0.15) is 11.9 Å². The van der Waals surface area contributed by atoms with Crippen molar-refractivity contribution in [1.29, 1.82) is 5.26 Å². The molecule has 0 aliphatic heterocycles. The number of rotatable bonds is 4. The van der Waals surface area contributed by atoms with Crippen LogP contribution in [0.2, 0.25) is 10.0 Å². The van der Waals surface area contributed by atoms with E-state index in [1.807, 2.05) is 59.9 Å². The van der Waals surface area contributed by atoms with Crippen LogP contribution in [0.4, 0.5) is 11.5 Å². The highest BCUT2D eigenvalue weighted by atomic mass is 35.5. The number of anilines is 2. The maximum Gasteiger partial charge on any atom is 0.157 e. The lowest BCUT2D eigenvalue weighted by Crippen LogP contribution is -2.09. The Morgan fingerprint density at radius 2 is 1.72 bits per heavy atom.